The van der Waals surface area contributed by atoms with Crippen LogP contribution in [-0.4, -0.2) is 24.5 Å². The Morgan fingerprint density at radius 3 is 2.32 bits per heavy atom. The van der Waals surface area contributed by atoms with Gasteiger partial charge in [0.2, 0.25) is 0 Å². The van der Waals surface area contributed by atoms with Crippen LogP contribution in [0.3, 0.4) is 0 Å². The molecule has 0 atom stereocenters. The second kappa shape index (κ2) is 11.1. The summed E-state index contributed by atoms with van der Waals surface area (Å²) in [6.07, 6.45) is 1.35. The van der Waals surface area contributed by atoms with Gasteiger partial charge in [0.15, 0.2) is 11.5 Å². The van der Waals surface area contributed by atoms with Crippen LogP contribution in [0.25, 0.3) is 6.08 Å². The summed E-state index contributed by atoms with van der Waals surface area (Å²) in [5, 5.41) is 2.82. The number of carbonyl (C=O) groups excluding carboxylic acids is 3. The van der Waals surface area contributed by atoms with Crippen LogP contribution >= 0.6 is 23.2 Å². The SMILES string of the molecule is CCOc1cc(/C=C2/C(=O)NC(=O)N(c3ccc(C)c(Cl)c3)C2=O)cc(Cl)c1OCc1ccc(C)cc1. The van der Waals surface area contributed by atoms with Crippen molar-refractivity contribution in [1.29, 1.82) is 0 Å². The average Bonchev–Trinajstić information content (AvgIpc) is 2.84. The maximum atomic E-state index is 13.2. The van der Waals surface area contributed by atoms with E-state index >= 15 is 0 Å². The van der Waals surface area contributed by atoms with Gasteiger partial charge < -0.3 is 9.47 Å². The Labute approximate surface area is 224 Å². The molecule has 190 valence electrons. The van der Waals surface area contributed by atoms with E-state index in [1.165, 1.54) is 12.1 Å². The Morgan fingerprint density at radius 2 is 1.65 bits per heavy atom. The van der Waals surface area contributed by atoms with E-state index in [1.807, 2.05) is 38.1 Å². The van der Waals surface area contributed by atoms with Crippen molar-refractivity contribution in [2.24, 2.45) is 0 Å². The van der Waals surface area contributed by atoms with Gasteiger partial charge in [0, 0.05) is 5.02 Å². The summed E-state index contributed by atoms with van der Waals surface area (Å²) in [4.78, 5) is 39.2. The Hall–Kier alpha value is -3.81. The fraction of sp³-hybridized carbons (Fsp3) is 0.179. The first-order chi connectivity index (χ1) is 17.7. The maximum Gasteiger partial charge on any atom is 0.335 e. The zero-order valence-electron chi connectivity index (χ0n) is 20.4. The molecule has 0 unspecified atom stereocenters. The van der Waals surface area contributed by atoms with Gasteiger partial charge >= 0.3 is 6.03 Å². The highest BCUT2D eigenvalue weighted by atomic mass is 35.5. The predicted molar refractivity (Wildman–Crippen MR) is 143 cm³/mol. The van der Waals surface area contributed by atoms with Crippen LogP contribution in [-0.2, 0) is 16.2 Å². The third-order valence-electron chi connectivity index (χ3n) is 5.66. The summed E-state index contributed by atoms with van der Waals surface area (Å²) in [6.45, 7) is 6.24. The van der Waals surface area contributed by atoms with Crippen LogP contribution in [0.15, 0.2) is 60.2 Å². The fourth-order valence-corrected chi connectivity index (χ4v) is 4.14. The fourth-order valence-electron chi connectivity index (χ4n) is 3.69. The number of aryl methyl sites for hydroxylation is 2. The highest BCUT2D eigenvalue weighted by molar-refractivity contribution is 6.39. The molecule has 0 aromatic heterocycles. The minimum atomic E-state index is -0.861. The molecule has 3 aromatic carbocycles. The highest BCUT2D eigenvalue weighted by Crippen LogP contribution is 2.38. The monoisotopic (exact) mass is 538 g/mol. The number of barbiturate groups is 1. The molecule has 4 rings (SSSR count). The lowest BCUT2D eigenvalue weighted by Gasteiger charge is -2.26. The van der Waals surface area contributed by atoms with Crippen molar-refractivity contribution < 1.29 is 23.9 Å². The van der Waals surface area contributed by atoms with Crippen LogP contribution in [0.2, 0.25) is 10.0 Å². The molecule has 0 radical (unpaired) electrons. The lowest BCUT2D eigenvalue weighted by molar-refractivity contribution is -0.122. The molecule has 1 aliphatic heterocycles. The van der Waals surface area contributed by atoms with E-state index in [4.69, 9.17) is 32.7 Å². The number of nitrogens with one attached hydrogen (secondary N) is 1. The van der Waals surface area contributed by atoms with E-state index in [0.29, 0.717) is 28.7 Å². The maximum absolute atomic E-state index is 13.2. The molecular weight excluding hydrogens is 515 g/mol. The van der Waals surface area contributed by atoms with E-state index in [0.717, 1.165) is 21.6 Å². The highest BCUT2D eigenvalue weighted by Gasteiger charge is 2.37. The summed E-state index contributed by atoms with van der Waals surface area (Å²) in [5.74, 6) is -0.909. The molecule has 9 heteroatoms. The number of carbonyl (C=O) groups is 3. The van der Waals surface area contributed by atoms with Crippen LogP contribution in [0, 0.1) is 13.8 Å². The number of benzene rings is 3. The van der Waals surface area contributed by atoms with Crippen LogP contribution < -0.4 is 19.7 Å². The summed E-state index contributed by atoms with van der Waals surface area (Å²) < 4.78 is 11.7. The Morgan fingerprint density at radius 1 is 0.919 bits per heavy atom. The van der Waals surface area contributed by atoms with Gasteiger partial charge in [-0.3, -0.25) is 14.9 Å². The zero-order valence-corrected chi connectivity index (χ0v) is 21.9. The first kappa shape index (κ1) is 26.3. The Bertz CT molecular complexity index is 1420. The van der Waals surface area contributed by atoms with Crippen LogP contribution in [0.4, 0.5) is 10.5 Å². The number of ether oxygens (including phenoxy) is 2. The van der Waals surface area contributed by atoms with Gasteiger partial charge in [-0.15, -0.1) is 0 Å². The standard InChI is InChI=1S/C28H24Cl2N2O5/c1-4-36-24-13-19(12-23(30)25(24)37-15-18-8-5-16(2)6-9-18)11-21-26(33)31-28(35)32(27(21)34)20-10-7-17(3)22(29)14-20/h5-14H,4,15H2,1-3H3,(H,31,33,35)/b21-11-. The summed E-state index contributed by atoms with van der Waals surface area (Å²) >= 11 is 12.7. The van der Waals surface area contributed by atoms with E-state index < -0.39 is 17.8 Å². The van der Waals surface area contributed by atoms with Crippen molar-refractivity contribution >= 4 is 52.8 Å². The lowest BCUT2D eigenvalue weighted by Crippen LogP contribution is -2.54. The minimum Gasteiger partial charge on any atom is -0.490 e. The summed E-state index contributed by atoms with van der Waals surface area (Å²) in [7, 11) is 0. The largest absolute Gasteiger partial charge is 0.490 e. The molecule has 3 aromatic rings. The number of hydrogen-bond acceptors (Lipinski definition) is 5. The van der Waals surface area contributed by atoms with E-state index in [-0.39, 0.29) is 22.9 Å². The van der Waals surface area contributed by atoms with Gasteiger partial charge in [-0.05, 0) is 67.8 Å². The van der Waals surface area contributed by atoms with Crippen LogP contribution in [0.5, 0.6) is 11.5 Å². The van der Waals surface area contributed by atoms with Crippen molar-refractivity contribution in [2.45, 2.75) is 27.4 Å². The third kappa shape index (κ3) is 5.79. The molecule has 7 nitrogen and oxygen atoms in total. The number of urea groups is 1. The molecule has 37 heavy (non-hydrogen) atoms. The smallest absolute Gasteiger partial charge is 0.335 e. The van der Waals surface area contributed by atoms with E-state index in [2.05, 4.69) is 5.32 Å². The van der Waals surface area contributed by atoms with Gasteiger partial charge in [0.25, 0.3) is 11.8 Å². The average molecular weight is 539 g/mol. The third-order valence-corrected chi connectivity index (χ3v) is 6.35. The zero-order chi connectivity index (χ0) is 26.7. The second-order valence-electron chi connectivity index (χ2n) is 8.43. The molecule has 0 aliphatic carbocycles. The molecule has 0 bridgehead atoms. The van der Waals surface area contributed by atoms with Gasteiger partial charge in [-0.1, -0.05) is 59.1 Å². The summed E-state index contributed by atoms with van der Waals surface area (Å²) in [5.41, 5.74) is 3.30. The van der Waals surface area contributed by atoms with E-state index in [9.17, 15) is 14.4 Å². The molecule has 1 N–H and O–H groups in total. The molecule has 1 saturated heterocycles. The molecule has 1 aliphatic rings. The quantitative estimate of drug-likeness (QED) is 0.283. The Balaban J connectivity index is 1.66. The van der Waals surface area contributed by atoms with Crippen molar-refractivity contribution in [2.75, 3.05) is 11.5 Å². The molecule has 1 heterocycles. The van der Waals surface area contributed by atoms with Crippen molar-refractivity contribution in [3.8, 4) is 11.5 Å². The first-order valence-electron chi connectivity index (χ1n) is 11.5. The van der Waals surface area contributed by atoms with Gasteiger partial charge in [-0.2, -0.15) is 0 Å². The minimum absolute atomic E-state index is 0.240. The second-order valence-corrected chi connectivity index (χ2v) is 9.24. The number of halogens is 2. The van der Waals surface area contributed by atoms with Gasteiger partial charge in [0.1, 0.15) is 12.2 Å². The molecular formula is C28H24Cl2N2O5. The number of hydrogen-bond donors (Lipinski definition) is 1. The first-order valence-corrected chi connectivity index (χ1v) is 12.3. The molecule has 1 fully saturated rings. The van der Waals surface area contributed by atoms with Gasteiger partial charge in [0.05, 0.1) is 17.3 Å². The topological polar surface area (TPSA) is 84.9 Å². The van der Waals surface area contributed by atoms with Crippen molar-refractivity contribution in [3.63, 3.8) is 0 Å². The number of imide groups is 2. The number of nitrogens with zero attached hydrogens (tertiary/aromatic N) is 1. The normalized spacial score (nSPS) is 14.7. The van der Waals surface area contributed by atoms with Gasteiger partial charge in [-0.25, -0.2) is 9.69 Å². The predicted octanol–water partition coefficient (Wildman–Crippen LogP) is 6.25. The molecule has 0 spiro atoms. The number of rotatable bonds is 7. The Kier molecular flexibility index (Phi) is 7.86. The van der Waals surface area contributed by atoms with Crippen molar-refractivity contribution in [3.05, 3.63) is 92.5 Å². The van der Waals surface area contributed by atoms with E-state index in [1.54, 1.807) is 31.2 Å². The van der Waals surface area contributed by atoms with Crippen molar-refractivity contribution in [1.82, 2.24) is 5.32 Å². The molecule has 0 saturated carbocycles. The number of amides is 4. The number of anilines is 1. The lowest BCUT2D eigenvalue weighted by atomic mass is 10.1. The summed E-state index contributed by atoms with van der Waals surface area (Å²) in [6, 6.07) is 15.0. The molecule has 4 amide bonds. The van der Waals surface area contributed by atoms with Crippen LogP contribution in [0.1, 0.15) is 29.2 Å².